The fourth-order valence-electron chi connectivity index (χ4n) is 3.54. The second-order valence-corrected chi connectivity index (χ2v) is 6.38. The summed E-state index contributed by atoms with van der Waals surface area (Å²) in [7, 11) is 1.92. The first-order chi connectivity index (χ1) is 11.8. The fraction of sp³-hybridized carbons (Fsp3) is 0.389. The van der Waals surface area contributed by atoms with Gasteiger partial charge in [-0.25, -0.2) is 9.97 Å². The Morgan fingerprint density at radius 3 is 3.21 bits per heavy atom. The summed E-state index contributed by atoms with van der Waals surface area (Å²) >= 11 is 0. The summed E-state index contributed by atoms with van der Waals surface area (Å²) in [5, 5.41) is 11.3. The lowest BCUT2D eigenvalue weighted by atomic mass is 9.94. The Kier molecular flexibility index (Phi) is 4.13. The van der Waals surface area contributed by atoms with E-state index in [-0.39, 0.29) is 0 Å². The zero-order valence-electron chi connectivity index (χ0n) is 13.9. The van der Waals surface area contributed by atoms with E-state index in [1.807, 2.05) is 25.5 Å². The van der Waals surface area contributed by atoms with Gasteiger partial charge in [-0.15, -0.1) is 0 Å². The number of piperidine rings is 1. The van der Waals surface area contributed by atoms with Crippen molar-refractivity contribution in [3.63, 3.8) is 0 Å². The number of pyridine rings is 2. The van der Waals surface area contributed by atoms with Crippen LogP contribution in [0, 0.1) is 0 Å². The molecular formula is C18H22N6. The van der Waals surface area contributed by atoms with E-state index in [2.05, 4.69) is 43.6 Å². The van der Waals surface area contributed by atoms with Gasteiger partial charge in [0, 0.05) is 48.9 Å². The number of fused-ring (bicyclic) bond motifs is 1. The molecule has 1 fully saturated rings. The largest absolute Gasteiger partial charge is 0.373 e. The van der Waals surface area contributed by atoms with E-state index >= 15 is 0 Å². The molecule has 3 aromatic heterocycles. The molecule has 0 amide bonds. The van der Waals surface area contributed by atoms with Gasteiger partial charge in [0.1, 0.15) is 5.82 Å². The number of hydrogen-bond acceptors (Lipinski definition) is 5. The lowest BCUT2D eigenvalue weighted by molar-refractivity contribution is 0.199. The van der Waals surface area contributed by atoms with Crippen LogP contribution in [0.3, 0.4) is 0 Å². The van der Waals surface area contributed by atoms with Gasteiger partial charge in [-0.1, -0.05) is 6.07 Å². The van der Waals surface area contributed by atoms with Crippen molar-refractivity contribution < 1.29 is 0 Å². The van der Waals surface area contributed by atoms with Gasteiger partial charge in [-0.05, 0) is 37.6 Å². The minimum Gasteiger partial charge on any atom is -0.373 e. The predicted octanol–water partition coefficient (Wildman–Crippen LogP) is 2.77. The highest BCUT2D eigenvalue weighted by atomic mass is 15.1. The number of aromatic nitrogens is 4. The molecule has 1 saturated heterocycles. The SMILES string of the molecule is CNc1ncccc1CN1CCCC(c2ccc3cn[nH]c3n2)C1. The molecule has 4 heterocycles. The molecule has 24 heavy (non-hydrogen) atoms. The summed E-state index contributed by atoms with van der Waals surface area (Å²) in [6.07, 6.45) is 6.04. The Morgan fingerprint density at radius 2 is 2.29 bits per heavy atom. The van der Waals surface area contributed by atoms with Gasteiger partial charge in [0.25, 0.3) is 0 Å². The molecule has 0 radical (unpaired) electrons. The number of hydrogen-bond donors (Lipinski definition) is 2. The van der Waals surface area contributed by atoms with E-state index in [0.29, 0.717) is 5.92 Å². The first kappa shape index (κ1) is 15.1. The van der Waals surface area contributed by atoms with Crippen molar-refractivity contribution in [2.75, 3.05) is 25.5 Å². The van der Waals surface area contributed by atoms with Gasteiger partial charge in [-0.3, -0.25) is 10.00 Å². The van der Waals surface area contributed by atoms with Crippen molar-refractivity contribution in [2.45, 2.75) is 25.3 Å². The molecule has 0 bridgehead atoms. The Balaban J connectivity index is 1.50. The third kappa shape index (κ3) is 2.97. The molecule has 1 aliphatic rings. The highest BCUT2D eigenvalue weighted by molar-refractivity contribution is 5.73. The standard InChI is InChI=1S/C18H22N6/c1-19-17-15(4-2-8-20-17)12-24-9-3-5-14(11-24)16-7-6-13-10-21-23-18(13)22-16/h2,4,6-8,10,14H,3,5,9,11-12H2,1H3,(H,19,20)(H,21,22,23). The van der Waals surface area contributed by atoms with Crippen LogP contribution in [-0.4, -0.2) is 45.2 Å². The predicted molar refractivity (Wildman–Crippen MR) is 94.9 cm³/mol. The number of nitrogens with one attached hydrogen (secondary N) is 2. The van der Waals surface area contributed by atoms with E-state index < -0.39 is 0 Å². The van der Waals surface area contributed by atoms with E-state index in [1.54, 1.807) is 0 Å². The number of likely N-dealkylation sites (tertiary alicyclic amines) is 1. The van der Waals surface area contributed by atoms with E-state index in [1.165, 1.54) is 18.4 Å². The molecule has 1 unspecified atom stereocenters. The molecular weight excluding hydrogens is 300 g/mol. The molecule has 1 aliphatic heterocycles. The van der Waals surface area contributed by atoms with Crippen LogP contribution < -0.4 is 5.32 Å². The average Bonchev–Trinajstić information content (AvgIpc) is 3.10. The Bertz CT molecular complexity index is 827. The Morgan fingerprint density at radius 1 is 1.33 bits per heavy atom. The summed E-state index contributed by atoms with van der Waals surface area (Å²) in [6.45, 7) is 3.08. The normalized spacial score (nSPS) is 18.8. The average molecular weight is 322 g/mol. The monoisotopic (exact) mass is 322 g/mol. The Hall–Kier alpha value is -2.47. The maximum atomic E-state index is 4.76. The molecule has 0 aliphatic carbocycles. The number of nitrogens with zero attached hydrogens (tertiary/aromatic N) is 4. The lowest BCUT2D eigenvalue weighted by Gasteiger charge is -2.32. The molecule has 6 heteroatoms. The molecule has 1 atom stereocenters. The van der Waals surface area contributed by atoms with Gasteiger partial charge >= 0.3 is 0 Å². The van der Waals surface area contributed by atoms with Crippen molar-refractivity contribution in [1.82, 2.24) is 25.1 Å². The maximum absolute atomic E-state index is 4.76. The highest BCUT2D eigenvalue weighted by Crippen LogP contribution is 2.28. The topological polar surface area (TPSA) is 69.7 Å². The van der Waals surface area contributed by atoms with Crippen molar-refractivity contribution >= 4 is 16.9 Å². The number of aromatic amines is 1. The number of rotatable bonds is 4. The van der Waals surface area contributed by atoms with Gasteiger partial charge in [0.15, 0.2) is 5.65 Å². The summed E-state index contributed by atoms with van der Waals surface area (Å²) in [5.74, 6) is 1.44. The summed E-state index contributed by atoms with van der Waals surface area (Å²) < 4.78 is 0. The van der Waals surface area contributed by atoms with Crippen LogP contribution in [0.25, 0.3) is 11.0 Å². The fourth-order valence-corrected chi connectivity index (χ4v) is 3.54. The Labute approximate surface area is 141 Å². The van der Waals surface area contributed by atoms with Crippen LogP contribution in [0.4, 0.5) is 5.82 Å². The van der Waals surface area contributed by atoms with Gasteiger partial charge < -0.3 is 5.32 Å². The smallest absolute Gasteiger partial charge is 0.155 e. The third-order valence-corrected chi connectivity index (χ3v) is 4.77. The quantitative estimate of drug-likeness (QED) is 0.773. The minimum atomic E-state index is 0.473. The second kappa shape index (κ2) is 6.57. The third-order valence-electron chi connectivity index (χ3n) is 4.77. The summed E-state index contributed by atoms with van der Waals surface area (Å²) in [4.78, 5) is 11.7. The zero-order chi connectivity index (χ0) is 16.4. The van der Waals surface area contributed by atoms with E-state index in [4.69, 9.17) is 4.98 Å². The lowest BCUT2D eigenvalue weighted by Crippen LogP contribution is -2.34. The van der Waals surface area contributed by atoms with E-state index in [0.717, 1.165) is 42.2 Å². The van der Waals surface area contributed by atoms with Crippen molar-refractivity contribution in [1.29, 1.82) is 0 Å². The molecule has 124 valence electrons. The number of anilines is 1. The van der Waals surface area contributed by atoms with Crippen molar-refractivity contribution in [3.8, 4) is 0 Å². The van der Waals surface area contributed by atoms with Gasteiger partial charge in [0.05, 0.1) is 6.20 Å². The first-order valence-corrected chi connectivity index (χ1v) is 8.47. The summed E-state index contributed by atoms with van der Waals surface area (Å²) in [5.41, 5.74) is 3.29. The van der Waals surface area contributed by atoms with Gasteiger partial charge in [-0.2, -0.15) is 5.10 Å². The molecule has 2 N–H and O–H groups in total. The van der Waals surface area contributed by atoms with Crippen LogP contribution in [0.15, 0.2) is 36.7 Å². The zero-order valence-corrected chi connectivity index (χ0v) is 13.9. The minimum absolute atomic E-state index is 0.473. The molecule has 0 spiro atoms. The molecule has 0 saturated carbocycles. The van der Waals surface area contributed by atoms with Crippen molar-refractivity contribution in [3.05, 3.63) is 47.9 Å². The van der Waals surface area contributed by atoms with Crippen molar-refractivity contribution in [2.24, 2.45) is 0 Å². The molecule has 3 aromatic rings. The van der Waals surface area contributed by atoms with Crippen LogP contribution in [-0.2, 0) is 6.54 Å². The van der Waals surface area contributed by atoms with Crippen LogP contribution in [0.5, 0.6) is 0 Å². The van der Waals surface area contributed by atoms with Crippen LogP contribution in [0.1, 0.15) is 30.0 Å². The van der Waals surface area contributed by atoms with Crippen LogP contribution in [0.2, 0.25) is 0 Å². The highest BCUT2D eigenvalue weighted by Gasteiger charge is 2.23. The number of H-pyrrole nitrogens is 1. The summed E-state index contributed by atoms with van der Waals surface area (Å²) in [6, 6.07) is 8.41. The van der Waals surface area contributed by atoms with E-state index in [9.17, 15) is 0 Å². The second-order valence-electron chi connectivity index (χ2n) is 6.38. The van der Waals surface area contributed by atoms with Gasteiger partial charge in [0.2, 0.25) is 0 Å². The molecule has 0 aromatic carbocycles. The maximum Gasteiger partial charge on any atom is 0.155 e. The molecule has 6 nitrogen and oxygen atoms in total. The molecule has 4 rings (SSSR count). The first-order valence-electron chi connectivity index (χ1n) is 8.47. The van der Waals surface area contributed by atoms with Crippen LogP contribution >= 0.6 is 0 Å².